The first-order valence-corrected chi connectivity index (χ1v) is 4.95. The molecule has 6 heteroatoms. The zero-order valence-corrected chi connectivity index (χ0v) is 9.19. The Balaban J connectivity index is 2.53. The van der Waals surface area contributed by atoms with Crippen molar-refractivity contribution in [3.63, 3.8) is 0 Å². The molecular weight excluding hydrogens is 214 g/mol. The van der Waals surface area contributed by atoms with E-state index in [9.17, 15) is 19.2 Å². The van der Waals surface area contributed by atoms with Crippen LogP contribution in [0.1, 0.15) is 26.7 Å². The molecule has 0 unspecified atom stereocenters. The van der Waals surface area contributed by atoms with Gasteiger partial charge >= 0.3 is 5.97 Å². The molecule has 1 heterocycles. The number of ether oxygens (including phenoxy) is 1. The number of carbonyl (C=O) groups is 4. The van der Waals surface area contributed by atoms with Gasteiger partial charge in [-0.05, 0) is 6.92 Å². The van der Waals surface area contributed by atoms with Crippen LogP contribution in [0, 0.1) is 0 Å². The first kappa shape index (κ1) is 12.4. The molecule has 0 radical (unpaired) electrons. The van der Waals surface area contributed by atoms with Crippen LogP contribution >= 0.6 is 0 Å². The number of likely N-dealkylation sites (tertiary alicyclic amines) is 1. The minimum absolute atomic E-state index is 0.147. The Bertz CT molecular complexity index is 333. The van der Waals surface area contributed by atoms with Crippen molar-refractivity contribution in [2.45, 2.75) is 32.8 Å². The van der Waals surface area contributed by atoms with Gasteiger partial charge in [0.1, 0.15) is 0 Å². The molecule has 0 aromatic rings. The summed E-state index contributed by atoms with van der Waals surface area (Å²) in [6.07, 6.45) is -0.638. The van der Waals surface area contributed by atoms with E-state index in [2.05, 4.69) is 4.74 Å². The second-order valence-corrected chi connectivity index (χ2v) is 3.59. The van der Waals surface area contributed by atoms with Crippen LogP contribution in [0.15, 0.2) is 0 Å². The molecule has 16 heavy (non-hydrogen) atoms. The molecule has 1 rings (SSSR count). The van der Waals surface area contributed by atoms with Crippen LogP contribution in [0.4, 0.5) is 0 Å². The molecule has 0 aromatic carbocycles. The summed E-state index contributed by atoms with van der Waals surface area (Å²) in [4.78, 5) is 45.4. The fraction of sp³-hybridized carbons (Fsp3) is 0.600. The number of ketones is 1. The third kappa shape index (κ3) is 2.88. The third-order valence-electron chi connectivity index (χ3n) is 2.26. The quantitative estimate of drug-likeness (QED) is 0.484. The first-order valence-electron chi connectivity index (χ1n) is 4.95. The van der Waals surface area contributed by atoms with Gasteiger partial charge in [-0.3, -0.25) is 24.1 Å². The first-order chi connectivity index (χ1) is 7.41. The van der Waals surface area contributed by atoms with Gasteiger partial charge in [0.15, 0.2) is 11.9 Å². The number of hydrogen-bond acceptors (Lipinski definition) is 5. The van der Waals surface area contributed by atoms with E-state index in [0.717, 1.165) is 4.90 Å². The molecule has 88 valence electrons. The summed E-state index contributed by atoms with van der Waals surface area (Å²) in [5.74, 6) is -1.74. The number of nitrogens with zero attached hydrogens (tertiary/aromatic N) is 1. The minimum atomic E-state index is -0.932. The summed E-state index contributed by atoms with van der Waals surface area (Å²) in [7, 11) is 0. The van der Waals surface area contributed by atoms with E-state index in [1.165, 1.54) is 13.8 Å². The van der Waals surface area contributed by atoms with Gasteiger partial charge in [0, 0.05) is 19.8 Å². The summed E-state index contributed by atoms with van der Waals surface area (Å²) in [5, 5.41) is 0. The van der Waals surface area contributed by atoms with Gasteiger partial charge in [0.2, 0.25) is 11.8 Å². The summed E-state index contributed by atoms with van der Waals surface area (Å²) >= 11 is 0. The van der Waals surface area contributed by atoms with E-state index < -0.39 is 17.9 Å². The Labute approximate surface area is 92.5 Å². The highest BCUT2D eigenvalue weighted by Gasteiger charge is 2.32. The van der Waals surface area contributed by atoms with Crippen LogP contribution in [0.2, 0.25) is 0 Å². The SMILES string of the molecule is CC(=O)O[C@@H](C)C(=O)CN1C(=O)CCC1=O. The smallest absolute Gasteiger partial charge is 0.303 e. The van der Waals surface area contributed by atoms with E-state index >= 15 is 0 Å². The van der Waals surface area contributed by atoms with Crippen molar-refractivity contribution < 1.29 is 23.9 Å². The molecule has 1 aliphatic rings. The second-order valence-electron chi connectivity index (χ2n) is 3.59. The average Bonchev–Trinajstić information content (AvgIpc) is 2.48. The van der Waals surface area contributed by atoms with Gasteiger partial charge in [0.05, 0.1) is 6.54 Å². The van der Waals surface area contributed by atoms with Crippen LogP contribution < -0.4 is 0 Å². The minimum Gasteiger partial charge on any atom is -0.455 e. The molecule has 0 saturated carbocycles. The Morgan fingerprint density at radius 3 is 2.25 bits per heavy atom. The molecule has 0 spiro atoms. The van der Waals surface area contributed by atoms with Gasteiger partial charge in [-0.2, -0.15) is 0 Å². The number of carbonyl (C=O) groups excluding carboxylic acids is 4. The molecule has 6 nitrogen and oxygen atoms in total. The highest BCUT2D eigenvalue weighted by molar-refractivity contribution is 6.05. The topological polar surface area (TPSA) is 80.8 Å². The van der Waals surface area contributed by atoms with E-state index in [4.69, 9.17) is 0 Å². The Kier molecular flexibility index (Phi) is 3.76. The predicted molar refractivity (Wildman–Crippen MR) is 52.2 cm³/mol. The summed E-state index contributed by atoms with van der Waals surface area (Å²) in [5.41, 5.74) is 0. The van der Waals surface area contributed by atoms with Crippen LogP contribution in [0.3, 0.4) is 0 Å². The molecule has 1 fully saturated rings. The summed E-state index contributed by atoms with van der Waals surface area (Å²) in [6.45, 7) is 2.29. The third-order valence-corrected chi connectivity index (χ3v) is 2.26. The van der Waals surface area contributed by atoms with Crippen LogP contribution in [0.25, 0.3) is 0 Å². The van der Waals surface area contributed by atoms with Crippen molar-refractivity contribution in [2.24, 2.45) is 0 Å². The van der Waals surface area contributed by atoms with Gasteiger partial charge < -0.3 is 4.74 Å². The Morgan fingerprint density at radius 1 is 1.31 bits per heavy atom. The number of imide groups is 1. The Hall–Kier alpha value is -1.72. The lowest BCUT2D eigenvalue weighted by atomic mass is 10.2. The van der Waals surface area contributed by atoms with Crippen LogP contribution in [-0.2, 0) is 23.9 Å². The second kappa shape index (κ2) is 4.87. The molecule has 1 atom stereocenters. The maximum absolute atomic E-state index is 11.5. The molecule has 0 bridgehead atoms. The standard InChI is InChI=1S/C10H13NO5/c1-6(16-7(2)12)8(13)5-11-9(14)3-4-10(11)15/h6H,3-5H2,1-2H3/t6-/m0/s1. The number of amides is 2. The molecule has 2 amide bonds. The summed E-state index contributed by atoms with van der Waals surface area (Å²) in [6, 6.07) is 0. The molecule has 0 aromatic heterocycles. The van der Waals surface area contributed by atoms with Crippen LogP contribution in [0.5, 0.6) is 0 Å². The highest BCUT2D eigenvalue weighted by atomic mass is 16.5. The highest BCUT2D eigenvalue weighted by Crippen LogP contribution is 2.11. The average molecular weight is 227 g/mol. The largest absolute Gasteiger partial charge is 0.455 e. The molecule has 1 saturated heterocycles. The predicted octanol–water partition coefficient (Wildman–Crippen LogP) is -0.344. The van der Waals surface area contributed by atoms with Crippen molar-refractivity contribution in [1.29, 1.82) is 0 Å². The number of hydrogen-bond donors (Lipinski definition) is 0. The van der Waals surface area contributed by atoms with Gasteiger partial charge in [-0.25, -0.2) is 0 Å². The van der Waals surface area contributed by atoms with E-state index in [0.29, 0.717) is 0 Å². The van der Waals surface area contributed by atoms with Crippen molar-refractivity contribution in [3.05, 3.63) is 0 Å². The lowest BCUT2D eigenvalue weighted by Gasteiger charge is -2.16. The normalized spacial score (nSPS) is 17.5. The molecule has 1 aliphatic heterocycles. The monoisotopic (exact) mass is 227 g/mol. The zero-order chi connectivity index (χ0) is 12.3. The van der Waals surface area contributed by atoms with E-state index in [1.54, 1.807) is 0 Å². The van der Waals surface area contributed by atoms with Crippen molar-refractivity contribution in [1.82, 2.24) is 4.90 Å². The number of rotatable bonds is 4. The van der Waals surface area contributed by atoms with E-state index in [-0.39, 0.29) is 31.2 Å². The Morgan fingerprint density at radius 2 is 1.81 bits per heavy atom. The molecular formula is C10H13NO5. The van der Waals surface area contributed by atoms with Gasteiger partial charge in [-0.1, -0.05) is 0 Å². The maximum atomic E-state index is 11.5. The van der Waals surface area contributed by atoms with E-state index in [1.807, 2.05) is 0 Å². The lowest BCUT2D eigenvalue weighted by molar-refractivity contribution is -0.153. The summed E-state index contributed by atoms with van der Waals surface area (Å²) < 4.78 is 4.66. The van der Waals surface area contributed by atoms with Gasteiger partial charge in [-0.15, -0.1) is 0 Å². The van der Waals surface area contributed by atoms with Crippen LogP contribution in [-0.4, -0.2) is 41.1 Å². The maximum Gasteiger partial charge on any atom is 0.303 e. The van der Waals surface area contributed by atoms with Crippen molar-refractivity contribution in [2.75, 3.05) is 6.54 Å². The molecule has 0 N–H and O–H groups in total. The molecule has 0 aliphatic carbocycles. The fourth-order valence-electron chi connectivity index (χ4n) is 1.40. The zero-order valence-electron chi connectivity index (χ0n) is 9.19. The van der Waals surface area contributed by atoms with Gasteiger partial charge in [0.25, 0.3) is 0 Å². The lowest BCUT2D eigenvalue weighted by Crippen LogP contribution is -2.39. The number of Topliss-reactive ketones (excluding diaryl/α,β-unsaturated/α-hetero) is 1. The van der Waals surface area contributed by atoms with Crippen molar-refractivity contribution >= 4 is 23.6 Å². The van der Waals surface area contributed by atoms with Crippen molar-refractivity contribution in [3.8, 4) is 0 Å². The fourth-order valence-corrected chi connectivity index (χ4v) is 1.40. The number of esters is 1.